The van der Waals surface area contributed by atoms with E-state index in [9.17, 15) is 13.2 Å². The van der Waals surface area contributed by atoms with Gasteiger partial charge in [-0.25, -0.2) is 18.4 Å². The molecule has 0 spiro atoms. The molecular weight excluding hydrogens is 514 g/mol. The monoisotopic (exact) mass is 551 g/mol. The third-order valence-electron chi connectivity index (χ3n) is 7.05. The number of piperidine rings is 1. The number of nitrogens with zero attached hydrogens (tertiary/aromatic N) is 4. The summed E-state index contributed by atoms with van der Waals surface area (Å²) in [4.78, 5) is 26.7. The summed E-state index contributed by atoms with van der Waals surface area (Å²) in [5.41, 5.74) is 6.09. The van der Waals surface area contributed by atoms with E-state index in [0.29, 0.717) is 24.2 Å². The number of carbonyl (C=O) groups is 1. The van der Waals surface area contributed by atoms with Crippen LogP contribution in [0.4, 0.5) is 11.6 Å². The van der Waals surface area contributed by atoms with Gasteiger partial charge in [-0.2, -0.15) is 0 Å². The normalized spacial score (nSPS) is 20.5. The molecular formula is C28H37N7O3S. The zero-order valence-corrected chi connectivity index (χ0v) is 24.0. The van der Waals surface area contributed by atoms with Crippen LogP contribution in [-0.2, 0) is 27.9 Å². The Kier molecular flexibility index (Phi) is 8.51. The Morgan fingerprint density at radius 3 is 2.51 bits per heavy atom. The second-order valence-corrected chi connectivity index (χ2v) is 12.3. The molecule has 2 aromatic rings. The van der Waals surface area contributed by atoms with E-state index in [2.05, 4.69) is 52.0 Å². The molecule has 39 heavy (non-hydrogen) atoms. The Hall–Kier alpha value is -3.57. The quantitative estimate of drug-likeness (QED) is 0.260. The van der Waals surface area contributed by atoms with Crippen LogP contribution in [0.15, 0.2) is 47.8 Å². The maximum atomic E-state index is 13.2. The van der Waals surface area contributed by atoms with Gasteiger partial charge in [0, 0.05) is 61.1 Å². The van der Waals surface area contributed by atoms with Crippen LogP contribution in [0.1, 0.15) is 49.1 Å². The minimum Gasteiger partial charge on any atom is -0.336 e. The molecule has 1 fully saturated rings. The minimum absolute atomic E-state index is 0.00425. The Labute approximate surface area is 230 Å². The van der Waals surface area contributed by atoms with Gasteiger partial charge in [0.1, 0.15) is 0 Å². The highest BCUT2D eigenvalue weighted by Gasteiger charge is 2.35. The molecule has 3 N–H and O–H groups in total. The zero-order valence-electron chi connectivity index (χ0n) is 23.2. The van der Waals surface area contributed by atoms with Crippen LogP contribution in [-0.4, -0.2) is 65.2 Å². The zero-order chi connectivity index (χ0) is 28.3. The van der Waals surface area contributed by atoms with Gasteiger partial charge >= 0.3 is 0 Å². The lowest BCUT2D eigenvalue weighted by Crippen LogP contribution is -2.50. The number of sulfonamides is 1. The highest BCUT2D eigenvalue weighted by atomic mass is 32.2. The number of carbonyl (C=O) groups excluding carboxylic acids is 1. The molecule has 0 bridgehead atoms. The van der Waals surface area contributed by atoms with Gasteiger partial charge in [-0.05, 0) is 75.9 Å². The maximum absolute atomic E-state index is 13.2. The number of rotatable bonds is 8. The van der Waals surface area contributed by atoms with Gasteiger partial charge in [0.25, 0.3) is 5.91 Å². The van der Waals surface area contributed by atoms with E-state index in [0.717, 1.165) is 55.3 Å². The van der Waals surface area contributed by atoms with Crippen LogP contribution < -0.4 is 10.0 Å². The van der Waals surface area contributed by atoms with Crippen LogP contribution in [0.25, 0.3) is 0 Å². The molecule has 0 unspecified atom stereocenters. The van der Waals surface area contributed by atoms with Crippen molar-refractivity contribution in [2.75, 3.05) is 18.1 Å². The molecule has 2 aliphatic rings. The fourth-order valence-corrected chi connectivity index (χ4v) is 5.99. The van der Waals surface area contributed by atoms with Gasteiger partial charge in [-0.15, -0.1) is 0 Å². The Morgan fingerprint density at radius 1 is 1.15 bits per heavy atom. The van der Waals surface area contributed by atoms with Crippen molar-refractivity contribution in [2.24, 2.45) is 0 Å². The first-order valence-electron chi connectivity index (χ1n) is 13.0. The summed E-state index contributed by atoms with van der Waals surface area (Å²) in [6, 6.07) is 6.59. The summed E-state index contributed by atoms with van der Waals surface area (Å²) in [6.45, 7) is 9.88. The van der Waals surface area contributed by atoms with E-state index in [1.165, 1.54) is 23.3 Å². The van der Waals surface area contributed by atoms with Crippen molar-refractivity contribution < 1.29 is 13.2 Å². The number of hydrogen-bond donors (Lipinski definition) is 3. The minimum atomic E-state index is -3.40. The summed E-state index contributed by atoms with van der Waals surface area (Å²) in [5, 5.41) is 11.1. The van der Waals surface area contributed by atoms with Crippen LogP contribution in [0.2, 0.25) is 0 Å². The molecule has 1 aromatic carbocycles. The van der Waals surface area contributed by atoms with Gasteiger partial charge in [-0.3, -0.25) is 14.4 Å². The van der Waals surface area contributed by atoms with Crippen molar-refractivity contribution in [3.05, 3.63) is 70.2 Å². The summed E-state index contributed by atoms with van der Waals surface area (Å²) < 4.78 is 25.2. The van der Waals surface area contributed by atoms with Crippen molar-refractivity contribution >= 4 is 33.8 Å². The summed E-state index contributed by atoms with van der Waals surface area (Å²) in [6.07, 6.45) is 8.62. The van der Waals surface area contributed by atoms with Crippen LogP contribution >= 0.6 is 0 Å². The topological polar surface area (TPSA) is 131 Å². The highest BCUT2D eigenvalue weighted by molar-refractivity contribution is 7.88. The number of aryl methyl sites for hydroxylation is 2. The molecule has 2 aliphatic heterocycles. The fraction of sp³-hybridized carbons (Fsp3) is 0.429. The molecule has 1 aromatic heterocycles. The van der Waals surface area contributed by atoms with Crippen molar-refractivity contribution in [1.29, 1.82) is 5.41 Å². The first-order valence-corrected chi connectivity index (χ1v) is 14.9. The second-order valence-electron chi connectivity index (χ2n) is 10.6. The third kappa shape index (κ3) is 7.30. The predicted molar refractivity (Wildman–Crippen MR) is 153 cm³/mol. The van der Waals surface area contributed by atoms with Crippen LogP contribution in [0.3, 0.4) is 0 Å². The highest BCUT2D eigenvalue weighted by Crippen LogP contribution is 2.30. The van der Waals surface area contributed by atoms with Crippen LogP contribution in [0, 0.1) is 19.3 Å². The number of likely N-dealkylation sites (tertiary alicyclic amines) is 1. The second kappa shape index (κ2) is 11.7. The number of benzene rings is 1. The summed E-state index contributed by atoms with van der Waals surface area (Å²) in [7, 11) is -3.40. The van der Waals surface area contributed by atoms with E-state index in [1.54, 1.807) is 11.8 Å². The van der Waals surface area contributed by atoms with E-state index >= 15 is 0 Å². The van der Waals surface area contributed by atoms with Gasteiger partial charge in [-0.1, -0.05) is 6.07 Å². The number of anilines is 2. The fourth-order valence-electron chi connectivity index (χ4n) is 5.34. The largest absolute Gasteiger partial charge is 0.336 e. The molecule has 208 valence electrons. The van der Waals surface area contributed by atoms with Gasteiger partial charge in [0.15, 0.2) is 0 Å². The smallest absolute Gasteiger partial charge is 0.255 e. The first kappa shape index (κ1) is 28.4. The third-order valence-corrected chi connectivity index (χ3v) is 7.74. The van der Waals surface area contributed by atoms with Gasteiger partial charge in [0.05, 0.1) is 17.5 Å². The van der Waals surface area contributed by atoms with E-state index in [-0.39, 0.29) is 17.5 Å². The number of nitrogens with one attached hydrogen (secondary N) is 3. The Bertz CT molecular complexity index is 1410. The molecule has 4 rings (SSSR count). The van der Waals surface area contributed by atoms with Crippen molar-refractivity contribution in [2.45, 2.75) is 65.7 Å². The average Bonchev–Trinajstić information content (AvgIpc) is 3.26. The van der Waals surface area contributed by atoms with Crippen molar-refractivity contribution in [3.8, 4) is 0 Å². The summed E-state index contributed by atoms with van der Waals surface area (Å²) in [5.74, 6) is 0.369. The van der Waals surface area contributed by atoms with Crippen molar-refractivity contribution in [1.82, 2.24) is 24.5 Å². The van der Waals surface area contributed by atoms with E-state index in [1.807, 2.05) is 13.1 Å². The molecule has 3 heterocycles. The number of aromatic nitrogens is 2. The lowest BCUT2D eigenvalue weighted by molar-refractivity contribution is -0.130. The molecule has 1 saturated heterocycles. The summed E-state index contributed by atoms with van der Waals surface area (Å²) >= 11 is 0. The standard InChI is InChI=1S/C28H37N7O3S/c1-18-10-19(2)12-24(11-18)31-28-30-15-23-16-34(17-26(23)32-28)25-8-9-35(21(4)13-25)27(36)22(14-29)7-6-20(3)33-39(5,37)38/h6-7,10-12,14-15,21,25,29,33H,8-9,13,16-17H2,1-5H3,(H,30,31,32)/b20-6+,22-7+,29-14?/t21-,25-/m1/s1. The lowest BCUT2D eigenvalue weighted by atomic mass is 9.96. The molecule has 1 amide bonds. The molecule has 11 heteroatoms. The van der Waals surface area contributed by atoms with Gasteiger partial charge < -0.3 is 15.6 Å². The van der Waals surface area contributed by atoms with Gasteiger partial charge in [0.2, 0.25) is 16.0 Å². The maximum Gasteiger partial charge on any atom is 0.255 e. The molecule has 10 nitrogen and oxygen atoms in total. The number of amides is 1. The predicted octanol–water partition coefficient (Wildman–Crippen LogP) is 3.56. The van der Waals surface area contributed by atoms with E-state index in [4.69, 9.17) is 10.4 Å². The SMILES string of the molecule is C/C(=C\C=C(/C=N)C(=O)N1CC[C@@H](N2Cc3cnc(Nc4cc(C)cc(C)c4)nc3C2)C[C@H]1C)NS(C)(=O)=O. The number of allylic oxidation sites excluding steroid dienone is 3. The molecule has 0 saturated carbocycles. The van der Waals surface area contributed by atoms with Crippen molar-refractivity contribution in [3.63, 3.8) is 0 Å². The number of fused-ring (bicyclic) bond motifs is 1. The van der Waals surface area contributed by atoms with Crippen LogP contribution in [0.5, 0.6) is 0 Å². The molecule has 2 atom stereocenters. The van der Waals surface area contributed by atoms with E-state index < -0.39 is 10.0 Å². The Morgan fingerprint density at radius 2 is 1.87 bits per heavy atom. The first-order chi connectivity index (χ1) is 18.4. The molecule has 0 radical (unpaired) electrons. The number of hydrogen-bond acceptors (Lipinski definition) is 8. The Balaban J connectivity index is 1.37. The average molecular weight is 552 g/mol. The lowest BCUT2D eigenvalue weighted by Gasteiger charge is -2.41. The molecule has 0 aliphatic carbocycles.